The highest BCUT2D eigenvalue weighted by Crippen LogP contribution is 2.45. The molecule has 0 aromatic rings. The average Bonchev–Trinajstić information content (AvgIpc) is 0.895. The van der Waals surface area contributed by atoms with Crippen molar-refractivity contribution in [1.29, 1.82) is 0 Å². The maximum atomic E-state index is 13.1. The summed E-state index contributed by atoms with van der Waals surface area (Å²) in [5.41, 5.74) is 0. The van der Waals surface area contributed by atoms with Crippen molar-refractivity contribution in [2.75, 3.05) is 39.6 Å². The molecular weight excluding hydrogens is 1450 g/mol. The minimum absolute atomic E-state index is 0.000647. The van der Waals surface area contributed by atoms with Gasteiger partial charge >= 0.3 is 39.5 Å². The quantitative estimate of drug-likeness (QED) is 0.0169. The van der Waals surface area contributed by atoms with Gasteiger partial charge in [0.05, 0.1) is 26.4 Å². The molecule has 0 amide bonds. The molecule has 0 aromatic carbocycles. The molecule has 0 aliphatic rings. The molecule has 0 aliphatic carbocycles. The number of rotatable bonds is 75. The van der Waals surface area contributed by atoms with Gasteiger partial charge in [-0.3, -0.25) is 37.3 Å². The van der Waals surface area contributed by atoms with E-state index in [-0.39, 0.29) is 25.7 Å². The molecule has 0 fully saturated rings. The van der Waals surface area contributed by atoms with Crippen LogP contribution in [-0.4, -0.2) is 96.7 Å². The van der Waals surface area contributed by atoms with Crippen LogP contribution in [0.3, 0.4) is 0 Å². The lowest BCUT2D eigenvalue weighted by Gasteiger charge is -2.21. The highest BCUT2D eigenvalue weighted by Gasteiger charge is 2.30. The number of unbranched alkanes of at least 4 members (excludes halogenated alkanes) is 11. The van der Waals surface area contributed by atoms with Crippen molar-refractivity contribution < 1.29 is 80.2 Å². The Balaban J connectivity index is 5.57. The zero-order valence-corrected chi connectivity index (χ0v) is 70.5. The number of carbonyl (C=O) groups is 4. The molecule has 19 heteroatoms. The van der Waals surface area contributed by atoms with E-state index < -0.39 is 97.5 Å². The van der Waals surface area contributed by atoms with E-state index in [1.54, 1.807) is 0 Å². The summed E-state index contributed by atoms with van der Waals surface area (Å²) < 4.78 is 68.6. The van der Waals surface area contributed by atoms with E-state index >= 15 is 0 Å². The second-order valence-electron chi connectivity index (χ2n) is 26.5. The van der Waals surface area contributed by atoms with Gasteiger partial charge in [-0.1, -0.05) is 297 Å². The number of hydrogen-bond donors (Lipinski definition) is 3. The predicted octanol–water partition coefficient (Wildman–Crippen LogP) is 25.0. The number of ether oxygens (including phenoxy) is 4. The Bertz CT molecular complexity index is 3040. The lowest BCUT2D eigenvalue weighted by Crippen LogP contribution is -2.30. The Labute approximate surface area is 676 Å². The van der Waals surface area contributed by atoms with E-state index in [1.807, 2.05) is 30.4 Å². The van der Waals surface area contributed by atoms with Crippen LogP contribution in [0.1, 0.15) is 272 Å². The molecule has 0 heterocycles. The summed E-state index contributed by atoms with van der Waals surface area (Å²) in [6.45, 7) is 4.19. The summed E-state index contributed by atoms with van der Waals surface area (Å²) >= 11 is 0. The number of allylic oxidation sites excluding steroid dienone is 38. The van der Waals surface area contributed by atoms with E-state index in [0.29, 0.717) is 38.5 Å². The SMILES string of the molecule is CC/C=C\C/C=C\C/C=C\C/C=C\C/C=C\C/C=C\CCC(=O)OCC(COP(=O)(O)OCC(O)COP(=O)(O)OCC(COC(=O)CCCCCCCC/C=C\C/C=C\C/C=C\C/C=C\CC)OC(=O)CCC/C=C\C/C=C\C/C=C\C/C=C\C/C=C\CC)OC(=O)CCCCCC/C=C\C/C=C\C/C=C\C/C=C\CC. The zero-order valence-electron chi connectivity index (χ0n) is 68.7. The molecule has 0 bridgehead atoms. The lowest BCUT2D eigenvalue weighted by atomic mass is 10.1. The van der Waals surface area contributed by atoms with Crippen LogP contribution in [0.15, 0.2) is 231 Å². The minimum Gasteiger partial charge on any atom is -0.462 e. The molecular formula is C93H144O17P2. The van der Waals surface area contributed by atoms with Crippen LogP contribution < -0.4 is 0 Å². The van der Waals surface area contributed by atoms with E-state index in [2.05, 4.69) is 228 Å². The van der Waals surface area contributed by atoms with E-state index in [1.165, 1.54) is 0 Å². The van der Waals surface area contributed by atoms with Gasteiger partial charge in [0.1, 0.15) is 19.3 Å². The number of phosphoric acid groups is 2. The molecule has 0 spiro atoms. The number of carbonyl (C=O) groups excluding carboxylic acids is 4. The first-order valence-corrected chi connectivity index (χ1v) is 44.6. The molecule has 628 valence electrons. The molecule has 0 rings (SSSR count). The molecule has 0 radical (unpaired) electrons. The first-order chi connectivity index (χ1) is 54.7. The Kier molecular flexibility index (Phi) is 77.1. The van der Waals surface area contributed by atoms with Gasteiger partial charge in [-0.2, -0.15) is 0 Å². The largest absolute Gasteiger partial charge is 0.472 e. The third kappa shape index (κ3) is 81.1. The monoisotopic (exact) mass is 1590 g/mol. The molecule has 0 saturated carbocycles. The second-order valence-corrected chi connectivity index (χ2v) is 29.4. The van der Waals surface area contributed by atoms with Crippen LogP contribution in [-0.2, 0) is 65.4 Å². The molecule has 5 atom stereocenters. The van der Waals surface area contributed by atoms with Gasteiger partial charge in [-0.25, -0.2) is 9.13 Å². The molecule has 112 heavy (non-hydrogen) atoms. The van der Waals surface area contributed by atoms with Crippen LogP contribution in [0.4, 0.5) is 0 Å². The van der Waals surface area contributed by atoms with Crippen molar-refractivity contribution in [2.45, 2.75) is 290 Å². The number of aliphatic hydroxyl groups is 1. The van der Waals surface area contributed by atoms with Crippen LogP contribution >= 0.6 is 15.6 Å². The predicted molar refractivity (Wildman–Crippen MR) is 463 cm³/mol. The smallest absolute Gasteiger partial charge is 0.462 e. The normalized spacial score (nSPS) is 15.0. The van der Waals surface area contributed by atoms with Crippen molar-refractivity contribution in [1.82, 2.24) is 0 Å². The summed E-state index contributed by atoms with van der Waals surface area (Å²) in [5, 5.41) is 10.7. The van der Waals surface area contributed by atoms with Crippen LogP contribution in [0.5, 0.6) is 0 Å². The van der Waals surface area contributed by atoms with Crippen LogP contribution in [0.2, 0.25) is 0 Å². The van der Waals surface area contributed by atoms with E-state index in [9.17, 15) is 43.2 Å². The van der Waals surface area contributed by atoms with Gasteiger partial charge in [0.25, 0.3) is 0 Å². The first-order valence-electron chi connectivity index (χ1n) is 41.6. The Morgan fingerprint density at radius 1 is 0.250 bits per heavy atom. The Morgan fingerprint density at radius 3 is 0.759 bits per heavy atom. The summed E-state index contributed by atoms with van der Waals surface area (Å²) in [7, 11) is -10.0. The van der Waals surface area contributed by atoms with Crippen LogP contribution in [0.25, 0.3) is 0 Å². The van der Waals surface area contributed by atoms with E-state index in [0.717, 1.165) is 180 Å². The average molecular weight is 1600 g/mol. The Hall–Kier alpha value is -6.88. The highest BCUT2D eigenvalue weighted by atomic mass is 31.2. The zero-order chi connectivity index (χ0) is 81.7. The van der Waals surface area contributed by atoms with Gasteiger partial charge in [-0.15, -0.1) is 0 Å². The number of hydrogen-bond acceptors (Lipinski definition) is 15. The van der Waals surface area contributed by atoms with Crippen molar-refractivity contribution in [2.24, 2.45) is 0 Å². The van der Waals surface area contributed by atoms with Gasteiger partial charge in [-0.05, 0) is 180 Å². The molecule has 5 unspecified atom stereocenters. The van der Waals surface area contributed by atoms with Gasteiger partial charge in [0, 0.05) is 25.7 Å². The summed E-state index contributed by atoms with van der Waals surface area (Å²) in [6.07, 6.45) is 106. The fourth-order valence-corrected chi connectivity index (χ4v) is 11.5. The molecule has 0 aliphatic heterocycles. The van der Waals surface area contributed by atoms with Gasteiger partial charge in [0.15, 0.2) is 12.2 Å². The lowest BCUT2D eigenvalue weighted by molar-refractivity contribution is -0.161. The third-order valence-corrected chi connectivity index (χ3v) is 18.0. The fourth-order valence-electron chi connectivity index (χ4n) is 9.97. The molecule has 0 saturated heterocycles. The fraction of sp³-hybridized carbons (Fsp3) is 0.548. The van der Waals surface area contributed by atoms with Crippen molar-refractivity contribution in [3.63, 3.8) is 0 Å². The first kappa shape index (κ1) is 105. The minimum atomic E-state index is -5.02. The summed E-state index contributed by atoms with van der Waals surface area (Å²) in [5.74, 6) is -2.41. The maximum absolute atomic E-state index is 13.1. The van der Waals surface area contributed by atoms with Gasteiger partial charge in [0.2, 0.25) is 0 Å². The van der Waals surface area contributed by atoms with Crippen molar-refractivity contribution >= 4 is 39.5 Å². The second kappa shape index (κ2) is 82.1. The van der Waals surface area contributed by atoms with Crippen molar-refractivity contribution in [3.05, 3.63) is 231 Å². The molecule has 0 aromatic heterocycles. The van der Waals surface area contributed by atoms with E-state index in [4.69, 9.17) is 37.0 Å². The summed E-state index contributed by atoms with van der Waals surface area (Å²) in [4.78, 5) is 73.2. The molecule has 3 N–H and O–H groups in total. The van der Waals surface area contributed by atoms with Crippen molar-refractivity contribution in [3.8, 4) is 0 Å². The number of aliphatic hydroxyl groups excluding tert-OH is 1. The third-order valence-electron chi connectivity index (χ3n) is 16.1. The summed E-state index contributed by atoms with van der Waals surface area (Å²) in [6, 6.07) is 0. The molecule has 17 nitrogen and oxygen atoms in total. The Morgan fingerprint density at radius 2 is 0.464 bits per heavy atom. The number of esters is 4. The maximum Gasteiger partial charge on any atom is 0.472 e. The topological polar surface area (TPSA) is 237 Å². The van der Waals surface area contributed by atoms with Crippen LogP contribution in [0, 0.1) is 0 Å². The number of phosphoric ester groups is 2. The standard InChI is InChI=1S/C93H144O17P2/c1-5-9-13-17-21-25-29-33-37-41-43-47-49-53-57-61-65-69-73-77-90(95)103-83-88(109-92(97)79-75-71-67-63-59-55-51-45-39-35-31-27-23-19-15-11-7-3)85-107-111(99,100)105-81-87(94)82-106-112(101,102)108-86-89(110-93(98)80-76-72-68-64-60-56-52-46-40-36-32-28-24-20-16-12-8-4)84-104-91(96)78-74-70-66-62-58-54-50-48-44-42-38-34-30-26-22-18-14-10-6-2/h9-16,21-28,33-40,43-44,47-48,51-53,55-57,64-65,68-69,87-89,94H,5-8,17-20,29-32,41-42,45-46,49-50,54,58-63,66-67,70-86H2,1-4H3,(H,99,100)(H,101,102)/b13-9-,14-10-,15-11-,16-12-,25-21-,26-22-,27-23-,28-24-,37-33-,38-34-,39-35-,40-36-,47-43-,48-44-,55-51-,56-52-,57-53-,68-64-,69-65-. The highest BCUT2D eigenvalue weighted by molar-refractivity contribution is 7.47. The van der Waals surface area contributed by atoms with Gasteiger partial charge < -0.3 is 33.8 Å².